The van der Waals surface area contributed by atoms with Gasteiger partial charge in [0.2, 0.25) is 5.91 Å². The van der Waals surface area contributed by atoms with Crippen LogP contribution in [0, 0.1) is 18.3 Å². The lowest BCUT2D eigenvalue weighted by molar-refractivity contribution is -0.146. The van der Waals surface area contributed by atoms with Gasteiger partial charge in [-0.05, 0) is 44.5 Å². The maximum atomic E-state index is 11.8. The summed E-state index contributed by atoms with van der Waals surface area (Å²) in [6.45, 7) is 5.70. The number of esters is 1. The Labute approximate surface area is 124 Å². The molecular formula is C15H20N3O3. The highest BCUT2D eigenvalue weighted by molar-refractivity contribution is 5.96. The minimum absolute atomic E-state index is 0.0257. The first-order valence-corrected chi connectivity index (χ1v) is 6.68. The summed E-state index contributed by atoms with van der Waals surface area (Å²) in [6, 6.07) is 6.64. The van der Waals surface area contributed by atoms with Gasteiger partial charge in [-0.25, -0.2) is 0 Å². The molecule has 4 N–H and O–H groups in total. The molecule has 0 aliphatic rings. The average molecular weight is 290 g/mol. The molecule has 113 valence electrons. The number of nitrogen functional groups attached to an aromatic ring is 1. The van der Waals surface area contributed by atoms with Crippen molar-refractivity contribution in [3.05, 3.63) is 36.8 Å². The Morgan fingerprint density at radius 2 is 2.00 bits per heavy atom. The number of hydrogen-bond acceptors (Lipinski definition) is 4. The van der Waals surface area contributed by atoms with Gasteiger partial charge < -0.3 is 15.8 Å². The SMILES string of the molecule is [CH2]C(CCC(=O)Nc1ccc(C(=N)N)cc1)C(=O)OCC. The Kier molecular flexibility index (Phi) is 6.39. The van der Waals surface area contributed by atoms with Crippen molar-refractivity contribution in [3.63, 3.8) is 0 Å². The standard InChI is InChI=1S/C15H20N3O3/c1-3-21-15(20)10(2)4-9-13(19)18-12-7-5-11(6-8-12)14(16)17/h5-8,10H,2-4,9H2,1H3,(H3,16,17)(H,18,19). The first kappa shape index (κ1) is 16.7. The van der Waals surface area contributed by atoms with Crippen molar-refractivity contribution in [1.29, 1.82) is 5.41 Å². The molecule has 0 saturated carbocycles. The summed E-state index contributed by atoms with van der Waals surface area (Å²) in [5, 5.41) is 9.98. The van der Waals surface area contributed by atoms with Crippen molar-refractivity contribution >= 4 is 23.4 Å². The van der Waals surface area contributed by atoms with Crippen molar-refractivity contribution in [3.8, 4) is 0 Å². The van der Waals surface area contributed by atoms with Gasteiger partial charge in [0.1, 0.15) is 5.84 Å². The molecule has 0 spiro atoms. The van der Waals surface area contributed by atoms with Gasteiger partial charge in [-0.1, -0.05) is 0 Å². The normalized spacial score (nSPS) is 11.5. The molecule has 0 aromatic heterocycles. The predicted octanol–water partition coefficient (Wildman–Crippen LogP) is 1.70. The van der Waals surface area contributed by atoms with Gasteiger partial charge >= 0.3 is 5.97 Å². The molecule has 0 aliphatic carbocycles. The molecule has 1 amide bonds. The lowest BCUT2D eigenvalue weighted by Gasteiger charge is -2.10. The van der Waals surface area contributed by atoms with E-state index < -0.39 is 11.9 Å². The van der Waals surface area contributed by atoms with Gasteiger partial charge in [0.05, 0.1) is 12.5 Å². The van der Waals surface area contributed by atoms with Crippen LogP contribution in [-0.4, -0.2) is 24.3 Å². The Hall–Kier alpha value is -2.37. The van der Waals surface area contributed by atoms with E-state index in [1.54, 1.807) is 31.2 Å². The highest BCUT2D eigenvalue weighted by Gasteiger charge is 2.15. The fourth-order valence-electron chi connectivity index (χ4n) is 1.64. The lowest BCUT2D eigenvalue weighted by Crippen LogP contribution is -2.18. The van der Waals surface area contributed by atoms with Gasteiger partial charge in [0.25, 0.3) is 0 Å². The van der Waals surface area contributed by atoms with Gasteiger partial charge in [-0.2, -0.15) is 0 Å². The van der Waals surface area contributed by atoms with Crippen LogP contribution in [0.15, 0.2) is 24.3 Å². The van der Waals surface area contributed by atoms with Gasteiger partial charge in [0.15, 0.2) is 0 Å². The molecule has 6 heteroatoms. The molecule has 0 saturated heterocycles. The molecule has 1 aromatic carbocycles. The molecule has 6 nitrogen and oxygen atoms in total. The van der Waals surface area contributed by atoms with E-state index in [4.69, 9.17) is 15.9 Å². The molecule has 1 unspecified atom stereocenters. The van der Waals surface area contributed by atoms with E-state index in [-0.39, 0.29) is 18.2 Å². The number of benzene rings is 1. The number of nitrogens with two attached hydrogens (primary N) is 1. The molecule has 21 heavy (non-hydrogen) atoms. The summed E-state index contributed by atoms with van der Waals surface area (Å²) in [4.78, 5) is 23.1. The van der Waals surface area contributed by atoms with Crippen molar-refractivity contribution < 1.29 is 14.3 Å². The molecule has 1 aromatic rings. The van der Waals surface area contributed by atoms with E-state index >= 15 is 0 Å². The first-order chi connectivity index (χ1) is 9.93. The summed E-state index contributed by atoms with van der Waals surface area (Å²) >= 11 is 0. The number of ether oxygens (including phenoxy) is 1. The predicted molar refractivity (Wildman–Crippen MR) is 80.8 cm³/mol. The lowest BCUT2D eigenvalue weighted by atomic mass is 10.1. The number of anilines is 1. The quantitative estimate of drug-likeness (QED) is 0.404. The summed E-state index contributed by atoms with van der Waals surface area (Å²) < 4.78 is 4.82. The zero-order chi connectivity index (χ0) is 15.8. The van der Waals surface area contributed by atoms with Crippen LogP contribution >= 0.6 is 0 Å². The van der Waals surface area contributed by atoms with E-state index in [0.29, 0.717) is 24.3 Å². The number of rotatable bonds is 7. The third kappa shape index (κ3) is 5.64. The fraction of sp³-hybridized carbons (Fsp3) is 0.333. The molecule has 0 aliphatic heterocycles. The second-order valence-corrected chi connectivity index (χ2v) is 4.53. The second-order valence-electron chi connectivity index (χ2n) is 4.53. The van der Waals surface area contributed by atoms with Crippen molar-refractivity contribution in [1.82, 2.24) is 0 Å². The number of carbonyl (C=O) groups is 2. The van der Waals surface area contributed by atoms with Gasteiger partial charge in [0, 0.05) is 17.7 Å². The number of hydrogen-bond donors (Lipinski definition) is 3. The van der Waals surface area contributed by atoms with Crippen LogP contribution in [0.2, 0.25) is 0 Å². The Bertz CT molecular complexity index is 511. The van der Waals surface area contributed by atoms with E-state index in [0.717, 1.165) is 0 Å². The van der Waals surface area contributed by atoms with Gasteiger partial charge in [-0.15, -0.1) is 0 Å². The number of nitrogens with one attached hydrogen (secondary N) is 2. The molecule has 1 radical (unpaired) electrons. The maximum absolute atomic E-state index is 11.8. The van der Waals surface area contributed by atoms with Crippen LogP contribution in [0.4, 0.5) is 5.69 Å². The first-order valence-electron chi connectivity index (χ1n) is 6.68. The summed E-state index contributed by atoms with van der Waals surface area (Å²) in [6.07, 6.45) is 0.512. The topological polar surface area (TPSA) is 105 Å². The van der Waals surface area contributed by atoms with Crippen LogP contribution in [0.5, 0.6) is 0 Å². The zero-order valence-electron chi connectivity index (χ0n) is 12.0. The Morgan fingerprint density at radius 3 is 2.52 bits per heavy atom. The Balaban J connectivity index is 2.43. The van der Waals surface area contributed by atoms with Crippen molar-refractivity contribution in [2.45, 2.75) is 19.8 Å². The highest BCUT2D eigenvalue weighted by atomic mass is 16.5. The van der Waals surface area contributed by atoms with Crippen molar-refractivity contribution in [2.24, 2.45) is 11.7 Å². The average Bonchev–Trinajstić information content (AvgIpc) is 2.45. The van der Waals surface area contributed by atoms with E-state index in [1.807, 2.05) is 0 Å². The fourth-order valence-corrected chi connectivity index (χ4v) is 1.64. The molecule has 0 bridgehead atoms. The molecule has 0 heterocycles. The largest absolute Gasteiger partial charge is 0.466 e. The van der Waals surface area contributed by atoms with Crippen molar-refractivity contribution in [2.75, 3.05) is 11.9 Å². The van der Waals surface area contributed by atoms with Crippen LogP contribution < -0.4 is 11.1 Å². The van der Waals surface area contributed by atoms with E-state index in [9.17, 15) is 9.59 Å². The third-order valence-corrected chi connectivity index (χ3v) is 2.82. The van der Waals surface area contributed by atoms with E-state index in [1.165, 1.54) is 0 Å². The van der Waals surface area contributed by atoms with E-state index in [2.05, 4.69) is 12.2 Å². The summed E-state index contributed by atoms with van der Waals surface area (Å²) in [5.74, 6) is -1.17. The smallest absolute Gasteiger partial charge is 0.308 e. The number of amides is 1. The Morgan fingerprint density at radius 1 is 1.38 bits per heavy atom. The van der Waals surface area contributed by atoms with Crippen LogP contribution in [-0.2, 0) is 14.3 Å². The summed E-state index contributed by atoms with van der Waals surface area (Å²) in [7, 11) is 0. The molecular weight excluding hydrogens is 270 g/mol. The monoisotopic (exact) mass is 290 g/mol. The highest BCUT2D eigenvalue weighted by Crippen LogP contribution is 2.12. The van der Waals surface area contributed by atoms with Crippen LogP contribution in [0.3, 0.4) is 0 Å². The molecule has 0 fully saturated rings. The minimum Gasteiger partial charge on any atom is -0.466 e. The van der Waals surface area contributed by atoms with Crippen LogP contribution in [0.25, 0.3) is 0 Å². The third-order valence-electron chi connectivity index (χ3n) is 2.82. The maximum Gasteiger partial charge on any atom is 0.308 e. The summed E-state index contributed by atoms with van der Waals surface area (Å²) in [5.41, 5.74) is 6.55. The molecule has 1 atom stereocenters. The van der Waals surface area contributed by atoms with Gasteiger partial charge in [-0.3, -0.25) is 15.0 Å². The number of amidine groups is 1. The van der Waals surface area contributed by atoms with Crippen LogP contribution in [0.1, 0.15) is 25.3 Å². The molecule has 1 rings (SSSR count). The second kappa shape index (κ2) is 8.04. The number of carbonyl (C=O) groups excluding carboxylic acids is 2. The minimum atomic E-state index is -0.546. The zero-order valence-corrected chi connectivity index (χ0v) is 12.0.